The Morgan fingerprint density at radius 2 is 1.42 bits per heavy atom. The molecule has 182 valence electrons. The van der Waals surface area contributed by atoms with Gasteiger partial charge in [0.1, 0.15) is 11.5 Å². The number of hydrogen-bond acceptors (Lipinski definition) is 2. The molecule has 2 bridgehead atoms. The third kappa shape index (κ3) is 2.65. The van der Waals surface area contributed by atoms with Crippen LogP contribution in [0.5, 0.6) is 11.5 Å². The second kappa shape index (κ2) is 6.79. The number of fused-ring (bicyclic) bond motifs is 8. The van der Waals surface area contributed by atoms with E-state index in [-0.39, 0.29) is 23.1 Å². The van der Waals surface area contributed by atoms with E-state index in [4.69, 9.17) is 4.74 Å². The first-order chi connectivity index (χ1) is 17.3. The second-order valence-electron chi connectivity index (χ2n) is 13.7. The van der Waals surface area contributed by atoms with Gasteiger partial charge in [-0.15, -0.1) is 0 Å². The fourth-order valence-corrected chi connectivity index (χ4v) is 9.17. The molecule has 3 aromatic rings. The summed E-state index contributed by atoms with van der Waals surface area (Å²) in [7, 11) is 0. The Labute approximate surface area is 216 Å². The molecule has 6 aliphatic rings. The van der Waals surface area contributed by atoms with Crippen molar-refractivity contribution in [2.45, 2.75) is 89.0 Å². The molecule has 9 rings (SSSR count). The molecule has 0 aromatic heterocycles. The summed E-state index contributed by atoms with van der Waals surface area (Å²) in [5.41, 5.74) is 10.6. The molecule has 2 nitrogen and oxygen atoms in total. The van der Waals surface area contributed by atoms with E-state index in [9.17, 15) is 0 Å². The maximum absolute atomic E-state index is 6.81. The van der Waals surface area contributed by atoms with Gasteiger partial charge in [-0.1, -0.05) is 58.0 Å². The van der Waals surface area contributed by atoms with Crippen LogP contribution in [0.15, 0.2) is 54.6 Å². The van der Waals surface area contributed by atoms with Gasteiger partial charge in [0.15, 0.2) is 0 Å². The van der Waals surface area contributed by atoms with E-state index < -0.39 is 0 Å². The van der Waals surface area contributed by atoms with Crippen LogP contribution in [0.1, 0.15) is 83.8 Å². The van der Waals surface area contributed by atoms with Gasteiger partial charge in [-0.25, -0.2) is 0 Å². The number of benzene rings is 3. The van der Waals surface area contributed by atoms with Gasteiger partial charge in [0, 0.05) is 16.9 Å². The molecule has 3 saturated carbocycles. The van der Waals surface area contributed by atoms with Crippen LogP contribution in [-0.2, 0) is 10.8 Å². The zero-order valence-electron chi connectivity index (χ0n) is 22.2. The maximum Gasteiger partial charge on any atom is 0.256 e. The lowest BCUT2D eigenvalue weighted by Gasteiger charge is -2.56. The zero-order valence-corrected chi connectivity index (χ0v) is 22.2. The van der Waals surface area contributed by atoms with Crippen molar-refractivity contribution in [2.24, 2.45) is 5.92 Å². The van der Waals surface area contributed by atoms with Crippen molar-refractivity contribution in [3.8, 4) is 11.5 Å². The summed E-state index contributed by atoms with van der Waals surface area (Å²) >= 11 is 0. The first-order valence-electron chi connectivity index (χ1n) is 14.2. The Bertz CT molecular complexity index is 1410. The minimum Gasteiger partial charge on any atom is -0.458 e. The lowest BCUT2D eigenvalue weighted by atomic mass is 9.33. The predicted molar refractivity (Wildman–Crippen MR) is 151 cm³/mol. The highest BCUT2D eigenvalue weighted by molar-refractivity contribution is 6.99. The Morgan fingerprint density at radius 3 is 2.17 bits per heavy atom. The molecule has 3 aromatic carbocycles. The van der Waals surface area contributed by atoms with Crippen LogP contribution < -0.4 is 26.0 Å². The minimum absolute atomic E-state index is 0.166. The van der Waals surface area contributed by atoms with E-state index in [2.05, 4.69) is 87.2 Å². The molecule has 0 radical (unpaired) electrons. The Hall–Kier alpha value is -2.68. The van der Waals surface area contributed by atoms with Crippen LogP contribution in [0.4, 0.5) is 11.4 Å². The smallest absolute Gasteiger partial charge is 0.256 e. The third-order valence-corrected chi connectivity index (χ3v) is 10.6. The molecular weight excluding hydrogens is 437 g/mol. The van der Waals surface area contributed by atoms with Gasteiger partial charge in [0.05, 0.1) is 0 Å². The molecular formula is C33H36BNO. The number of ether oxygens (including phenoxy) is 1. The highest BCUT2D eigenvalue weighted by Gasteiger charge is 2.51. The number of nitrogens with zero attached hydrogens (tertiary/aromatic N) is 1. The van der Waals surface area contributed by atoms with E-state index >= 15 is 0 Å². The van der Waals surface area contributed by atoms with Crippen molar-refractivity contribution in [3.63, 3.8) is 0 Å². The topological polar surface area (TPSA) is 12.5 Å². The summed E-state index contributed by atoms with van der Waals surface area (Å²) < 4.78 is 6.81. The first kappa shape index (κ1) is 21.4. The van der Waals surface area contributed by atoms with Crippen LogP contribution in [0.2, 0.25) is 0 Å². The minimum atomic E-state index is 0.166. The van der Waals surface area contributed by atoms with Crippen molar-refractivity contribution in [1.29, 1.82) is 0 Å². The highest BCUT2D eigenvalue weighted by Crippen LogP contribution is 2.54. The van der Waals surface area contributed by atoms with Crippen LogP contribution >= 0.6 is 0 Å². The normalized spacial score (nSPS) is 27.6. The second-order valence-corrected chi connectivity index (χ2v) is 13.7. The van der Waals surface area contributed by atoms with Gasteiger partial charge in [-0.05, 0) is 113 Å². The molecule has 2 aliphatic heterocycles. The quantitative estimate of drug-likeness (QED) is 0.295. The first-order valence-corrected chi connectivity index (χ1v) is 14.2. The summed E-state index contributed by atoms with van der Waals surface area (Å²) in [5, 5.41) is 0. The van der Waals surface area contributed by atoms with Crippen LogP contribution in [0, 0.1) is 5.92 Å². The monoisotopic (exact) mass is 473 g/mol. The molecule has 0 N–H and O–H groups in total. The average molecular weight is 473 g/mol. The highest BCUT2D eigenvalue weighted by atomic mass is 16.5. The average Bonchev–Trinajstić information content (AvgIpc) is 3.06. The number of anilines is 2. The Balaban J connectivity index is 1.38. The fourth-order valence-electron chi connectivity index (χ4n) is 9.17. The Kier molecular flexibility index (Phi) is 4.04. The Morgan fingerprint density at radius 1 is 0.750 bits per heavy atom. The van der Waals surface area contributed by atoms with Gasteiger partial charge < -0.3 is 9.64 Å². The molecule has 3 fully saturated rings. The standard InChI is InChI=1S/C33H36BNO/c1-31(2)20-32(3,4)23-19-29-25(18-22(23)31)34-24-8-5-6-9-26(24)35(27-10-7-11-28(36-29)30(27)34)33-15-12-21(13-16-33)14-17-33/h5-11,18-19,21H,12-17,20H2,1-4H3. The number of hydrogen-bond donors (Lipinski definition) is 0. The summed E-state index contributed by atoms with van der Waals surface area (Å²) in [4.78, 5) is 2.78. The zero-order chi connectivity index (χ0) is 24.4. The molecule has 2 heterocycles. The molecule has 0 spiro atoms. The van der Waals surface area contributed by atoms with E-state index in [0.29, 0.717) is 0 Å². The van der Waals surface area contributed by atoms with Gasteiger partial charge >= 0.3 is 0 Å². The lowest BCUT2D eigenvalue weighted by molar-refractivity contribution is 0.141. The van der Waals surface area contributed by atoms with Crippen molar-refractivity contribution in [1.82, 2.24) is 0 Å². The molecule has 36 heavy (non-hydrogen) atoms. The maximum atomic E-state index is 6.81. The van der Waals surface area contributed by atoms with Crippen LogP contribution in [0.3, 0.4) is 0 Å². The van der Waals surface area contributed by atoms with Gasteiger partial charge in [0.25, 0.3) is 6.71 Å². The summed E-state index contributed by atoms with van der Waals surface area (Å²) in [6.45, 7) is 9.87. The van der Waals surface area contributed by atoms with E-state index in [1.54, 1.807) is 0 Å². The van der Waals surface area contributed by atoms with Gasteiger partial charge in [0.2, 0.25) is 0 Å². The summed E-state index contributed by atoms with van der Waals surface area (Å²) in [6.07, 6.45) is 9.26. The SMILES string of the molecule is CC1(C)CC(C)(C)c2cc3c(cc21)Oc1cccc2c1B3c1ccccc1N2C12CCC(CC1)CC2. The third-order valence-electron chi connectivity index (χ3n) is 10.6. The van der Waals surface area contributed by atoms with Crippen molar-refractivity contribution >= 4 is 34.5 Å². The van der Waals surface area contributed by atoms with Crippen LogP contribution in [-0.4, -0.2) is 12.3 Å². The van der Waals surface area contributed by atoms with Gasteiger partial charge in [-0.3, -0.25) is 0 Å². The lowest BCUT2D eigenvalue weighted by Crippen LogP contribution is -2.64. The molecule has 0 amide bonds. The largest absolute Gasteiger partial charge is 0.458 e. The van der Waals surface area contributed by atoms with E-state index in [1.807, 2.05) is 0 Å². The summed E-state index contributed by atoms with van der Waals surface area (Å²) in [6, 6.07) is 21.0. The van der Waals surface area contributed by atoms with Crippen molar-refractivity contribution < 1.29 is 4.74 Å². The number of rotatable bonds is 1. The predicted octanol–water partition coefficient (Wildman–Crippen LogP) is 6.44. The molecule has 0 unspecified atom stereocenters. The molecule has 4 aliphatic carbocycles. The number of para-hydroxylation sites is 1. The van der Waals surface area contributed by atoms with E-state index in [0.717, 1.165) is 17.4 Å². The molecule has 0 saturated heterocycles. The molecule has 3 heteroatoms. The van der Waals surface area contributed by atoms with Gasteiger partial charge in [-0.2, -0.15) is 0 Å². The summed E-state index contributed by atoms with van der Waals surface area (Å²) in [5.74, 6) is 3.07. The fraction of sp³-hybridized carbons (Fsp3) is 0.455. The molecule has 0 atom stereocenters. The van der Waals surface area contributed by atoms with Crippen molar-refractivity contribution in [2.75, 3.05) is 4.90 Å². The van der Waals surface area contributed by atoms with Crippen LogP contribution in [0.25, 0.3) is 0 Å². The van der Waals surface area contributed by atoms with Crippen molar-refractivity contribution in [3.05, 3.63) is 65.7 Å². The van der Waals surface area contributed by atoms with E-state index in [1.165, 1.54) is 83.8 Å².